The van der Waals surface area contributed by atoms with E-state index in [2.05, 4.69) is 10.3 Å². The summed E-state index contributed by atoms with van der Waals surface area (Å²) in [6.07, 6.45) is 4.86. The molecule has 0 saturated heterocycles. The molecule has 1 aliphatic carbocycles. The maximum Gasteiger partial charge on any atom is 0.252 e. The number of hydrogen-bond acceptors (Lipinski definition) is 4. The summed E-state index contributed by atoms with van der Waals surface area (Å²) in [5.41, 5.74) is 9.27. The van der Waals surface area contributed by atoms with Crippen molar-refractivity contribution in [3.05, 3.63) is 65.9 Å². The largest absolute Gasteiger partial charge is 0.436 e. The van der Waals surface area contributed by atoms with E-state index in [1.54, 1.807) is 6.20 Å². The summed E-state index contributed by atoms with van der Waals surface area (Å²) >= 11 is 0. The Labute approximate surface area is 165 Å². The SMILES string of the molecule is Cc1ccc(-c2cnc(-c3ccccc3C(=O)NC3CCCC3CN)o2)cc1. The lowest BCUT2D eigenvalue weighted by molar-refractivity contribution is 0.0929. The van der Waals surface area contributed by atoms with Crippen LogP contribution < -0.4 is 11.1 Å². The van der Waals surface area contributed by atoms with Crippen molar-refractivity contribution in [1.29, 1.82) is 0 Å². The zero-order valence-electron chi connectivity index (χ0n) is 16.0. The molecule has 1 saturated carbocycles. The number of oxazole rings is 1. The Kier molecular flexibility index (Phi) is 5.26. The van der Waals surface area contributed by atoms with Gasteiger partial charge in [0, 0.05) is 17.2 Å². The monoisotopic (exact) mass is 375 g/mol. The number of nitrogens with zero attached hydrogens (tertiary/aromatic N) is 1. The van der Waals surface area contributed by atoms with E-state index in [1.807, 2.05) is 55.5 Å². The second-order valence-corrected chi connectivity index (χ2v) is 7.45. The molecule has 28 heavy (non-hydrogen) atoms. The van der Waals surface area contributed by atoms with E-state index < -0.39 is 0 Å². The first-order valence-corrected chi connectivity index (χ1v) is 9.79. The molecule has 3 aromatic rings. The maximum atomic E-state index is 12.9. The maximum absolute atomic E-state index is 12.9. The number of aromatic nitrogens is 1. The standard InChI is InChI=1S/C23H25N3O2/c1-15-9-11-16(12-10-15)21-14-25-23(28-21)19-7-3-2-6-18(19)22(27)26-20-8-4-5-17(20)13-24/h2-3,6-7,9-12,14,17,20H,4-5,8,13,24H2,1H3,(H,26,27). The minimum atomic E-state index is -0.101. The topological polar surface area (TPSA) is 81.2 Å². The van der Waals surface area contributed by atoms with Crippen molar-refractivity contribution in [2.75, 3.05) is 6.54 Å². The molecule has 3 N–H and O–H groups in total. The van der Waals surface area contributed by atoms with Crippen LogP contribution in [0.15, 0.2) is 59.1 Å². The van der Waals surface area contributed by atoms with Crippen LogP contribution in [0.1, 0.15) is 35.2 Å². The highest BCUT2D eigenvalue weighted by Crippen LogP contribution is 2.29. The Morgan fingerprint density at radius 2 is 1.96 bits per heavy atom. The van der Waals surface area contributed by atoms with Crippen LogP contribution in [0.4, 0.5) is 0 Å². The average molecular weight is 375 g/mol. The lowest BCUT2D eigenvalue weighted by Crippen LogP contribution is -2.40. The zero-order valence-corrected chi connectivity index (χ0v) is 16.0. The van der Waals surface area contributed by atoms with Gasteiger partial charge in [-0.15, -0.1) is 0 Å². The molecule has 2 unspecified atom stereocenters. The van der Waals surface area contributed by atoms with E-state index in [0.29, 0.717) is 35.2 Å². The third kappa shape index (κ3) is 3.71. The van der Waals surface area contributed by atoms with Crippen LogP contribution in [0, 0.1) is 12.8 Å². The Hall–Kier alpha value is -2.92. The van der Waals surface area contributed by atoms with Crippen molar-refractivity contribution in [2.45, 2.75) is 32.2 Å². The van der Waals surface area contributed by atoms with Gasteiger partial charge in [-0.2, -0.15) is 0 Å². The highest BCUT2D eigenvalue weighted by Gasteiger charge is 2.28. The van der Waals surface area contributed by atoms with Gasteiger partial charge in [0.05, 0.1) is 11.8 Å². The van der Waals surface area contributed by atoms with Crippen LogP contribution in [0.5, 0.6) is 0 Å². The fraction of sp³-hybridized carbons (Fsp3) is 0.304. The van der Waals surface area contributed by atoms with E-state index >= 15 is 0 Å². The lowest BCUT2D eigenvalue weighted by atomic mass is 10.0. The van der Waals surface area contributed by atoms with Crippen LogP contribution in [-0.4, -0.2) is 23.5 Å². The Morgan fingerprint density at radius 3 is 2.75 bits per heavy atom. The van der Waals surface area contributed by atoms with E-state index in [-0.39, 0.29) is 11.9 Å². The second-order valence-electron chi connectivity index (χ2n) is 7.45. The van der Waals surface area contributed by atoms with Crippen LogP contribution in [-0.2, 0) is 0 Å². The first kappa shape index (κ1) is 18.4. The van der Waals surface area contributed by atoms with Gasteiger partial charge < -0.3 is 15.5 Å². The summed E-state index contributed by atoms with van der Waals surface area (Å²) in [5.74, 6) is 1.38. The van der Waals surface area contributed by atoms with Crippen molar-refractivity contribution >= 4 is 5.91 Å². The Bertz CT molecular complexity index is 962. The number of nitrogens with two attached hydrogens (primary N) is 1. The minimum Gasteiger partial charge on any atom is -0.436 e. The summed E-state index contributed by atoms with van der Waals surface area (Å²) < 4.78 is 5.99. The predicted molar refractivity (Wildman–Crippen MR) is 110 cm³/mol. The summed E-state index contributed by atoms with van der Waals surface area (Å²) in [7, 11) is 0. The first-order valence-electron chi connectivity index (χ1n) is 9.79. The van der Waals surface area contributed by atoms with Crippen molar-refractivity contribution in [3.8, 4) is 22.8 Å². The second kappa shape index (κ2) is 7.98. The molecule has 0 spiro atoms. The predicted octanol–water partition coefficient (Wildman–Crippen LogP) is 4.17. The van der Waals surface area contributed by atoms with Gasteiger partial charge in [0.2, 0.25) is 5.89 Å². The molecule has 1 heterocycles. The lowest BCUT2D eigenvalue weighted by Gasteiger charge is -2.20. The van der Waals surface area contributed by atoms with Gasteiger partial charge in [-0.1, -0.05) is 48.4 Å². The molecule has 1 aromatic heterocycles. The number of benzene rings is 2. The van der Waals surface area contributed by atoms with Gasteiger partial charge >= 0.3 is 0 Å². The Morgan fingerprint density at radius 1 is 1.18 bits per heavy atom. The van der Waals surface area contributed by atoms with Gasteiger partial charge in [-0.3, -0.25) is 4.79 Å². The van der Waals surface area contributed by atoms with Gasteiger partial charge in [-0.25, -0.2) is 4.98 Å². The molecule has 1 fully saturated rings. The molecule has 0 aliphatic heterocycles. The van der Waals surface area contributed by atoms with E-state index in [1.165, 1.54) is 5.56 Å². The number of hydrogen-bond donors (Lipinski definition) is 2. The molecule has 2 atom stereocenters. The van der Waals surface area contributed by atoms with Crippen LogP contribution >= 0.6 is 0 Å². The van der Waals surface area contributed by atoms with E-state index in [0.717, 1.165) is 24.8 Å². The smallest absolute Gasteiger partial charge is 0.252 e. The van der Waals surface area contributed by atoms with Crippen molar-refractivity contribution < 1.29 is 9.21 Å². The summed E-state index contributed by atoms with van der Waals surface area (Å²) in [6.45, 7) is 2.65. The molecule has 1 amide bonds. The summed E-state index contributed by atoms with van der Waals surface area (Å²) in [4.78, 5) is 17.4. The third-order valence-electron chi connectivity index (χ3n) is 5.52. The van der Waals surface area contributed by atoms with Crippen molar-refractivity contribution in [3.63, 3.8) is 0 Å². The fourth-order valence-electron chi connectivity index (χ4n) is 3.87. The highest BCUT2D eigenvalue weighted by atomic mass is 16.4. The van der Waals surface area contributed by atoms with Crippen LogP contribution in [0.25, 0.3) is 22.8 Å². The molecule has 1 aliphatic rings. The van der Waals surface area contributed by atoms with Gasteiger partial charge in [0.25, 0.3) is 5.91 Å². The summed E-state index contributed by atoms with van der Waals surface area (Å²) in [5, 5.41) is 3.16. The van der Waals surface area contributed by atoms with Crippen LogP contribution in [0.2, 0.25) is 0 Å². The Balaban J connectivity index is 1.59. The molecule has 5 nitrogen and oxygen atoms in total. The molecular weight excluding hydrogens is 350 g/mol. The molecule has 144 valence electrons. The van der Waals surface area contributed by atoms with Gasteiger partial charge in [-0.05, 0) is 44.4 Å². The van der Waals surface area contributed by atoms with Gasteiger partial charge in [0.15, 0.2) is 5.76 Å². The number of amides is 1. The van der Waals surface area contributed by atoms with E-state index in [9.17, 15) is 4.79 Å². The number of carbonyl (C=O) groups excluding carboxylic acids is 1. The molecule has 2 aromatic carbocycles. The number of carbonyl (C=O) groups is 1. The molecule has 0 bridgehead atoms. The fourth-order valence-corrected chi connectivity index (χ4v) is 3.87. The quantitative estimate of drug-likeness (QED) is 0.701. The van der Waals surface area contributed by atoms with Crippen molar-refractivity contribution in [2.24, 2.45) is 11.7 Å². The number of nitrogens with one attached hydrogen (secondary N) is 1. The summed E-state index contributed by atoms with van der Waals surface area (Å²) in [6, 6.07) is 15.6. The molecule has 5 heteroatoms. The highest BCUT2D eigenvalue weighted by molar-refractivity contribution is 6.00. The molecule has 0 radical (unpaired) electrons. The first-order chi connectivity index (χ1) is 13.7. The molecule has 4 rings (SSSR count). The normalized spacial score (nSPS) is 18.9. The zero-order chi connectivity index (χ0) is 19.5. The average Bonchev–Trinajstić information content (AvgIpc) is 3.38. The van der Waals surface area contributed by atoms with Crippen molar-refractivity contribution in [1.82, 2.24) is 10.3 Å². The van der Waals surface area contributed by atoms with E-state index in [4.69, 9.17) is 10.2 Å². The molecular formula is C23H25N3O2. The van der Waals surface area contributed by atoms with Crippen LogP contribution in [0.3, 0.4) is 0 Å². The van der Waals surface area contributed by atoms with Gasteiger partial charge in [0.1, 0.15) is 0 Å². The number of rotatable bonds is 5. The minimum absolute atomic E-state index is 0.101. The number of aryl methyl sites for hydroxylation is 1. The third-order valence-corrected chi connectivity index (χ3v) is 5.52.